The van der Waals surface area contributed by atoms with Crippen LogP contribution in [-0.4, -0.2) is 4.98 Å². The Kier molecular flexibility index (Phi) is 2.91. The van der Waals surface area contributed by atoms with Crippen LogP contribution in [-0.2, 0) is 0 Å². The van der Waals surface area contributed by atoms with Gasteiger partial charge in [0, 0.05) is 11.8 Å². The Morgan fingerprint density at radius 1 is 1.06 bits per heavy atom. The Labute approximate surface area is 96.1 Å². The second-order valence-electron chi connectivity index (χ2n) is 4.21. The molecule has 82 valence electrons. The first-order valence-electron chi connectivity index (χ1n) is 5.49. The van der Waals surface area contributed by atoms with Gasteiger partial charge in [-0.15, -0.1) is 0 Å². The highest BCUT2D eigenvalue weighted by Gasteiger charge is 2.07. The van der Waals surface area contributed by atoms with Gasteiger partial charge in [0.05, 0.1) is 0 Å². The summed E-state index contributed by atoms with van der Waals surface area (Å²) < 4.78 is 0. The number of hydrogen-bond donors (Lipinski definition) is 1. The fourth-order valence-electron chi connectivity index (χ4n) is 1.83. The minimum Gasteiger partial charge on any atom is -0.384 e. The lowest BCUT2D eigenvalue weighted by atomic mass is 9.93. The Balaban J connectivity index is 2.51. The molecule has 1 aromatic heterocycles. The maximum absolute atomic E-state index is 5.59. The molecule has 2 heteroatoms. The van der Waals surface area contributed by atoms with E-state index in [1.54, 1.807) is 0 Å². The quantitative estimate of drug-likeness (QED) is 0.828. The van der Waals surface area contributed by atoms with Crippen molar-refractivity contribution in [1.82, 2.24) is 4.98 Å². The van der Waals surface area contributed by atoms with Crippen LogP contribution in [0.4, 0.5) is 5.82 Å². The van der Waals surface area contributed by atoms with Crippen molar-refractivity contribution >= 4 is 5.82 Å². The lowest BCUT2D eigenvalue weighted by Gasteiger charge is -2.12. The van der Waals surface area contributed by atoms with Gasteiger partial charge in [0.1, 0.15) is 5.82 Å². The van der Waals surface area contributed by atoms with Crippen LogP contribution >= 0.6 is 0 Å². The molecule has 1 aromatic carbocycles. The highest BCUT2D eigenvalue weighted by Crippen LogP contribution is 2.28. The molecule has 0 aliphatic carbocycles. The van der Waals surface area contributed by atoms with Gasteiger partial charge >= 0.3 is 0 Å². The van der Waals surface area contributed by atoms with E-state index in [2.05, 4.69) is 43.1 Å². The second kappa shape index (κ2) is 4.35. The number of hydrogen-bond acceptors (Lipinski definition) is 2. The molecule has 2 nitrogen and oxygen atoms in total. The maximum atomic E-state index is 5.59. The molecular weight excluding hydrogens is 196 g/mol. The van der Waals surface area contributed by atoms with E-state index in [0.29, 0.717) is 11.7 Å². The highest BCUT2D eigenvalue weighted by molar-refractivity contribution is 5.67. The van der Waals surface area contributed by atoms with Crippen LogP contribution in [0.3, 0.4) is 0 Å². The maximum Gasteiger partial charge on any atom is 0.123 e. The first kappa shape index (κ1) is 10.7. The third-order valence-corrected chi connectivity index (χ3v) is 2.68. The molecule has 0 amide bonds. The molecule has 1 heterocycles. The highest BCUT2D eigenvalue weighted by atomic mass is 14.8. The molecule has 0 unspecified atom stereocenters. The van der Waals surface area contributed by atoms with Crippen molar-refractivity contribution in [2.75, 3.05) is 5.73 Å². The Morgan fingerprint density at radius 2 is 1.81 bits per heavy atom. The molecule has 16 heavy (non-hydrogen) atoms. The molecule has 0 radical (unpaired) electrons. The zero-order chi connectivity index (χ0) is 11.5. The van der Waals surface area contributed by atoms with E-state index in [9.17, 15) is 0 Å². The predicted molar refractivity (Wildman–Crippen MR) is 68.2 cm³/mol. The van der Waals surface area contributed by atoms with Crippen molar-refractivity contribution in [2.45, 2.75) is 19.8 Å². The first-order chi connectivity index (χ1) is 7.68. The Morgan fingerprint density at radius 3 is 2.44 bits per heavy atom. The lowest BCUT2D eigenvalue weighted by Crippen LogP contribution is -1.93. The normalized spacial score (nSPS) is 10.7. The second-order valence-corrected chi connectivity index (χ2v) is 4.21. The monoisotopic (exact) mass is 212 g/mol. The summed E-state index contributed by atoms with van der Waals surface area (Å²) in [6, 6.07) is 12.3. The summed E-state index contributed by atoms with van der Waals surface area (Å²) >= 11 is 0. The number of aromatic nitrogens is 1. The van der Waals surface area contributed by atoms with Crippen LogP contribution in [0.15, 0.2) is 42.6 Å². The van der Waals surface area contributed by atoms with E-state index >= 15 is 0 Å². The SMILES string of the molecule is CC(C)c1ccccc1-c1ccc(N)nc1. The average Bonchev–Trinajstić information content (AvgIpc) is 2.30. The number of benzene rings is 1. The van der Waals surface area contributed by atoms with E-state index in [4.69, 9.17) is 5.73 Å². The zero-order valence-electron chi connectivity index (χ0n) is 9.64. The standard InChI is InChI=1S/C14H16N2/c1-10(2)12-5-3-4-6-13(12)11-7-8-14(15)16-9-11/h3-10H,1-2H3,(H2,15,16). The van der Waals surface area contributed by atoms with E-state index < -0.39 is 0 Å². The Bertz CT molecular complexity index is 472. The van der Waals surface area contributed by atoms with Crippen molar-refractivity contribution in [3.8, 4) is 11.1 Å². The number of nitrogens with two attached hydrogens (primary N) is 1. The van der Waals surface area contributed by atoms with Gasteiger partial charge < -0.3 is 5.73 Å². The topological polar surface area (TPSA) is 38.9 Å². The van der Waals surface area contributed by atoms with Gasteiger partial charge in [0.15, 0.2) is 0 Å². The summed E-state index contributed by atoms with van der Waals surface area (Å²) in [5.74, 6) is 1.07. The van der Waals surface area contributed by atoms with Gasteiger partial charge in [0.2, 0.25) is 0 Å². The van der Waals surface area contributed by atoms with E-state index in [1.165, 1.54) is 11.1 Å². The molecule has 0 saturated carbocycles. The molecule has 2 aromatic rings. The van der Waals surface area contributed by atoms with Crippen LogP contribution in [0.5, 0.6) is 0 Å². The largest absolute Gasteiger partial charge is 0.384 e. The molecule has 2 rings (SSSR count). The molecule has 0 atom stereocenters. The summed E-state index contributed by atoms with van der Waals surface area (Å²) in [7, 11) is 0. The van der Waals surface area contributed by atoms with Crippen LogP contribution in [0, 0.1) is 0 Å². The predicted octanol–water partition coefficient (Wildman–Crippen LogP) is 3.45. The van der Waals surface area contributed by atoms with Gasteiger partial charge in [-0.3, -0.25) is 0 Å². The van der Waals surface area contributed by atoms with Crippen LogP contribution < -0.4 is 5.73 Å². The first-order valence-corrected chi connectivity index (χ1v) is 5.49. The summed E-state index contributed by atoms with van der Waals surface area (Å²) in [6.45, 7) is 4.40. The van der Waals surface area contributed by atoms with Gasteiger partial charge in [-0.05, 0) is 29.2 Å². The molecule has 0 aliphatic heterocycles. The van der Waals surface area contributed by atoms with Crippen molar-refractivity contribution in [2.24, 2.45) is 0 Å². The van der Waals surface area contributed by atoms with Crippen molar-refractivity contribution in [1.29, 1.82) is 0 Å². The summed E-state index contributed by atoms with van der Waals surface area (Å²) in [4.78, 5) is 4.13. The van der Waals surface area contributed by atoms with Crippen LogP contribution in [0.1, 0.15) is 25.3 Å². The zero-order valence-corrected chi connectivity index (χ0v) is 9.64. The van der Waals surface area contributed by atoms with Gasteiger partial charge in [-0.25, -0.2) is 4.98 Å². The number of anilines is 1. The van der Waals surface area contributed by atoms with Gasteiger partial charge in [0.25, 0.3) is 0 Å². The minimum absolute atomic E-state index is 0.508. The van der Waals surface area contributed by atoms with Crippen molar-refractivity contribution < 1.29 is 0 Å². The van der Waals surface area contributed by atoms with E-state index in [1.807, 2.05) is 18.3 Å². The molecule has 2 N–H and O–H groups in total. The molecule has 0 saturated heterocycles. The van der Waals surface area contributed by atoms with E-state index in [0.717, 1.165) is 5.56 Å². The molecule has 0 spiro atoms. The van der Waals surface area contributed by atoms with E-state index in [-0.39, 0.29) is 0 Å². The van der Waals surface area contributed by atoms with Crippen molar-refractivity contribution in [3.63, 3.8) is 0 Å². The molecule has 0 bridgehead atoms. The number of pyridine rings is 1. The van der Waals surface area contributed by atoms with Crippen LogP contribution in [0.2, 0.25) is 0 Å². The van der Waals surface area contributed by atoms with Gasteiger partial charge in [-0.2, -0.15) is 0 Å². The van der Waals surface area contributed by atoms with Crippen LogP contribution in [0.25, 0.3) is 11.1 Å². The summed E-state index contributed by atoms with van der Waals surface area (Å²) in [6.07, 6.45) is 1.83. The Hall–Kier alpha value is -1.83. The average molecular weight is 212 g/mol. The molecule has 0 aliphatic rings. The number of rotatable bonds is 2. The number of nitrogen functional groups attached to an aromatic ring is 1. The third-order valence-electron chi connectivity index (χ3n) is 2.68. The minimum atomic E-state index is 0.508. The number of nitrogens with zero attached hydrogens (tertiary/aromatic N) is 1. The lowest BCUT2D eigenvalue weighted by molar-refractivity contribution is 0.869. The summed E-state index contributed by atoms with van der Waals surface area (Å²) in [5.41, 5.74) is 9.30. The third kappa shape index (κ3) is 2.06. The molecule has 0 fully saturated rings. The fraction of sp³-hybridized carbons (Fsp3) is 0.214. The fourth-order valence-corrected chi connectivity index (χ4v) is 1.83. The summed E-state index contributed by atoms with van der Waals surface area (Å²) in [5, 5.41) is 0. The van der Waals surface area contributed by atoms with Gasteiger partial charge in [-0.1, -0.05) is 38.1 Å². The molecular formula is C14H16N2. The smallest absolute Gasteiger partial charge is 0.123 e. The van der Waals surface area contributed by atoms with Crippen molar-refractivity contribution in [3.05, 3.63) is 48.2 Å².